The summed E-state index contributed by atoms with van der Waals surface area (Å²) in [5.74, 6) is 2.39. The van der Waals surface area contributed by atoms with E-state index in [2.05, 4.69) is 16.9 Å². The molecule has 0 spiro atoms. The molecule has 1 aromatic heterocycles. The van der Waals surface area contributed by atoms with Crippen LogP contribution in [0.15, 0.2) is 17.5 Å². The summed E-state index contributed by atoms with van der Waals surface area (Å²) < 4.78 is 16.4. The van der Waals surface area contributed by atoms with E-state index in [-0.39, 0.29) is 19.5 Å². The predicted molar refractivity (Wildman–Crippen MR) is 92.3 cm³/mol. The molecule has 0 amide bonds. The lowest BCUT2D eigenvalue weighted by Gasteiger charge is -2.28. The van der Waals surface area contributed by atoms with E-state index in [0.29, 0.717) is 26.3 Å². The maximum Gasteiger partial charge on any atom is 0.170 e. The van der Waals surface area contributed by atoms with Crippen LogP contribution in [-0.2, 0) is 20.8 Å². The number of ether oxygens (including phenoxy) is 3. The van der Waals surface area contributed by atoms with E-state index in [1.54, 1.807) is 11.3 Å². The van der Waals surface area contributed by atoms with Crippen molar-refractivity contribution in [3.63, 3.8) is 0 Å². The second-order valence-corrected chi connectivity index (χ2v) is 6.02. The SMILES string of the molecule is C#CCOCC(O)CN(Cc1cccs1)CC(OCC)OCC. The van der Waals surface area contributed by atoms with Crippen molar-refractivity contribution in [2.75, 3.05) is 39.5 Å². The van der Waals surface area contributed by atoms with Gasteiger partial charge in [0.2, 0.25) is 0 Å². The summed E-state index contributed by atoms with van der Waals surface area (Å²) in [7, 11) is 0. The summed E-state index contributed by atoms with van der Waals surface area (Å²) in [5.41, 5.74) is 0. The van der Waals surface area contributed by atoms with Gasteiger partial charge in [-0.05, 0) is 25.3 Å². The minimum atomic E-state index is -0.604. The van der Waals surface area contributed by atoms with E-state index in [1.807, 2.05) is 25.3 Å². The molecule has 1 N–H and O–H groups in total. The molecule has 0 saturated heterocycles. The standard InChI is InChI=1S/C17H27NO4S/c1-4-9-20-14-15(19)11-18(12-16-8-7-10-23-16)13-17(21-5-2)22-6-3/h1,7-8,10,15,17,19H,5-6,9,11-14H2,2-3H3. The first-order chi connectivity index (χ1) is 11.2. The van der Waals surface area contributed by atoms with Crippen LogP contribution in [0.1, 0.15) is 18.7 Å². The number of hydrogen-bond donors (Lipinski definition) is 1. The molecule has 5 nitrogen and oxygen atoms in total. The third-order valence-electron chi connectivity index (χ3n) is 3.04. The molecule has 0 bridgehead atoms. The van der Waals surface area contributed by atoms with Crippen LogP contribution in [-0.4, -0.2) is 61.9 Å². The van der Waals surface area contributed by atoms with E-state index in [9.17, 15) is 5.11 Å². The van der Waals surface area contributed by atoms with Crippen molar-refractivity contribution in [3.8, 4) is 12.3 Å². The summed E-state index contributed by atoms with van der Waals surface area (Å²) in [6.45, 7) is 7.29. The third-order valence-corrected chi connectivity index (χ3v) is 3.90. The Hall–Kier alpha value is -0.940. The quantitative estimate of drug-likeness (QED) is 0.338. The highest BCUT2D eigenvalue weighted by atomic mass is 32.1. The first kappa shape index (κ1) is 20.1. The predicted octanol–water partition coefficient (Wildman–Crippen LogP) is 1.96. The van der Waals surface area contributed by atoms with Crippen LogP contribution in [0.2, 0.25) is 0 Å². The van der Waals surface area contributed by atoms with Gasteiger partial charge in [-0.15, -0.1) is 17.8 Å². The summed E-state index contributed by atoms with van der Waals surface area (Å²) in [4.78, 5) is 3.35. The average Bonchev–Trinajstić information content (AvgIpc) is 3.01. The molecule has 23 heavy (non-hydrogen) atoms. The van der Waals surface area contributed by atoms with Gasteiger partial charge in [0.25, 0.3) is 0 Å². The fraction of sp³-hybridized carbons (Fsp3) is 0.647. The topological polar surface area (TPSA) is 51.2 Å². The maximum absolute atomic E-state index is 10.1. The van der Waals surface area contributed by atoms with E-state index < -0.39 is 6.10 Å². The molecule has 0 radical (unpaired) electrons. The summed E-state index contributed by atoms with van der Waals surface area (Å²) in [6.07, 6.45) is 4.23. The van der Waals surface area contributed by atoms with Gasteiger partial charge in [0, 0.05) is 37.7 Å². The van der Waals surface area contributed by atoms with Crippen LogP contribution in [0.3, 0.4) is 0 Å². The Morgan fingerprint density at radius 2 is 2.04 bits per heavy atom. The lowest BCUT2D eigenvalue weighted by Crippen LogP contribution is -2.40. The maximum atomic E-state index is 10.1. The number of aliphatic hydroxyl groups excluding tert-OH is 1. The highest BCUT2D eigenvalue weighted by Gasteiger charge is 2.18. The van der Waals surface area contributed by atoms with Crippen molar-refractivity contribution < 1.29 is 19.3 Å². The van der Waals surface area contributed by atoms with E-state index >= 15 is 0 Å². The Balaban J connectivity index is 2.58. The molecule has 1 atom stereocenters. The van der Waals surface area contributed by atoms with Crippen molar-refractivity contribution in [1.82, 2.24) is 4.90 Å². The number of rotatable bonds is 13. The van der Waals surface area contributed by atoms with E-state index in [4.69, 9.17) is 20.6 Å². The zero-order chi connectivity index (χ0) is 16.9. The Bertz CT molecular complexity index is 426. The summed E-state index contributed by atoms with van der Waals surface area (Å²) in [6, 6.07) is 4.10. The number of thiophene rings is 1. The van der Waals surface area contributed by atoms with Crippen molar-refractivity contribution >= 4 is 11.3 Å². The van der Waals surface area contributed by atoms with Gasteiger partial charge in [0.15, 0.2) is 6.29 Å². The molecule has 0 aliphatic carbocycles. The Morgan fingerprint density at radius 1 is 1.30 bits per heavy atom. The van der Waals surface area contributed by atoms with Crippen LogP contribution < -0.4 is 0 Å². The van der Waals surface area contributed by atoms with Crippen LogP contribution in [0.25, 0.3) is 0 Å². The lowest BCUT2D eigenvalue weighted by molar-refractivity contribution is -0.150. The normalized spacial score (nSPS) is 12.7. The van der Waals surface area contributed by atoms with Crippen LogP contribution in [0, 0.1) is 12.3 Å². The molecule has 1 heterocycles. The number of nitrogens with zero attached hydrogens (tertiary/aromatic N) is 1. The molecule has 0 aromatic carbocycles. The summed E-state index contributed by atoms with van der Waals surface area (Å²) in [5, 5.41) is 12.2. The smallest absolute Gasteiger partial charge is 0.170 e. The van der Waals surface area contributed by atoms with Crippen LogP contribution in [0.5, 0.6) is 0 Å². The van der Waals surface area contributed by atoms with Gasteiger partial charge in [-0.1, -0.05) is 12.0 Å². The highest BCUT2D eigenvalue weighted by Crippen LogP contribution is 2.13. The molecule has 1 aromatic rings. The Morgan fingerprint density at radius 3 is 2.61 bits per heavy atom. The second-order valence-electron chi connectivity index (χ2n) is 4.99. The minimum absolute atomic E-state index is 0.211. The van der Waals surface area contributed by atoms with Gasteiger partial charge < -0.3 is 19.3 Å². The number of hydrogen-bond acceptors (Lipinski definition) is 6. The zero-order valence-electron chi connectivity index (χ0n) is 13.9. The van der Waals surface area contributed by atoms with Gasteiger partial charge in [-0.2, -0.15) is 0 Å². The van der Waals surface area contributed by atoms with Gasteiger partial charge in [0.05, 0.1) is 12.7 Å². The molecular weight excluding hydrogens is 314 g/mol. The van der Waals surface area contributed by atoms with Crippen molar-refractivity contribution in [2.45, 2.75) is 32.8 Å². The molecule has 1 rings (SSSR count). The van der Waals surface area contributed by atoms with Gasteiger partial charge in [-0.3, -0.25) is 4.90 Å². The second kappa shape index (κ2) is 12.5. The number of aliphatic hydroxyl groups is 1. The Kier molecular flexibility index (Phi) is 10.9. The van der Waals surface area contributed by atoms with Crippen molar-refractivity contribution in [3.05, 3.63) is 22.4 Å². The molecule has 6 heteroatoms. The largest absolute Gasteiger partial charge is 0.389 e. The van der Waals surface area contributed by atoms with E-state index in [0.717, 1.165) is 6.54 Å². The Labute approximate surface area is 143 Å². The van der Waals surface area contributed by atoms with E-state index in [1.165, 1.54) is 4.88 Å². The fourth-order valence-corrected chi connectivity index (χ4v) is 2.91. The highest BCUT2D eigenvalue weighted by molar-refractivity contribution is 7.09. The molecule has 1 unspecified atom stereocenters. The molecule has 0 fully saturated rings. The molecular formula is C17H27NO4S. The van der Waals surface area contributed by atoms with Crippen LogP contribution >= 0.6 is 11.3 Å². The molecule has 130 valence electrons. The lowest BCUT2D eigenvalue weighted by atomic mass is 10.3. The van der Waals surface area contributed by atoms with Crippen molar-refractivity contribution in [2.24, 2.45) is 0 Å². The number of terminal acetylenes is 1. The van der Waals surface area contributed by atoms with Gasteiger partial charge in [-0.25, -0.2) is 0 Å². The fourth-order valence-electron chi connectivity index (χ4n) is 2.17. The first-order valence-electron chi connectivity index (χ1n) is 7.86. The molecule has 0 saturated carbocycles. The molecule has 0 aliphatic rings. The van der Waals surface area contributed by atoms with Crippen molar-refractivity contribution in [1.29, 1.82) is 0 Å². The van der Waals surface area contributed by atoms with Gasteiger partial charge in [0.1, 0.15) is 6.61 Å². The minimum Gasteiger partial charge on any atom is -0.389 e. The zero-order valence-corrected chi connectivity index (χ0v) is 14.8. The first-order valence-corrected chi connectivity index (χ1v) is 8.74. The summed E-state index contributed by atoms with van der Waals surface area (Å²) >= 11 is 1.69. The van der Waals surface area contributed by atoms with Crippen LogP contribution in [0.4, 0.5) is 0 Å². The van der Waals surface area contributed by atoms with Gasteiger partial charge >= 0.3 is 0 Å². The monoisotopic (exact) mass is 341 g/mol. The average molecular weight is 341 g/mol. The molecule has 0 aliphatic heterocycles. The third kappa shape index (κ3) is 9.06.